The van der Waals surface area contributed by atoms with Gasteiger partial charge in [0.25, 0.3) is 0 Å². The molecule has 1 aromatic rings. The summed E-state index contributed by atoms with van der Waals surface area (Å²) < 4.78 is 0. The molecule has 3 heterocycles. The maximum absolute atomic E-state index is 12.0. The number of carbonyl (C=O) groups excluding carboxylic acids is 1. The minimum Gasteiger partial charge on any atom is -0.352 e. The third kappa shape index (κ3) is 5.49. The number of likely N-dealkylation sites (tertiary alicyclic amines) is 1. The Morgan fingerprint density at radius 1 is 1.25 bits per heavy atom. The van der Waals surface area contributed by atoms with Crippen molar-refractivity contribution in [2.75, 3.05) is 24.6 Å². The zero-order valence-electron chi connectivity index (χ0n) is 14.5. The van der Waals surface area contributed by atoms with Crippen LogP contribution in [0, 0.1) is 5.92 Å². The molecule has 132 valence electrons. The molecule has 4 nitrogen and oxygen atoms in total. The van der Waals surface area contributed by atoms with Crippen LogP contribution >= 0.6 is 11.8 Å². The Hall–Kier alpha value is -1.07. The van der Waals surface area contributed by atoms with Gasteiger partial charge in [-0.2, -0.15) is 11.8 Å². The van der Waals surface area contributed by atoms with Gasteiger partial charge < -0.3 is 10.2 Å². The zero-order chi connectivity index (χ0) is 16.6. The number of amides is 1. The van der Waals surface area contributed by atoms with Crippen molar-refractivity contribution in [2.45, 2.75) is 51.1 Å². The molecular weight excluding hydrogens is 318 g/mol. The number of nitrogens with zero attached hydrogens (tertiary/aromatic N) is 2. The van der Waals surface area contributed by atoms with Crippen LogP contribution in [0.1, 0.15) is 44.1 Å². The van der Waals surface area contributed by atoms with Crippen LogP contribution in [0.2, 0.25) is 0 Å². The minimum atomic E-state index is 0.172. The van der Waals surface area contributed by atoms with Crippen LogP contribution in [0.25, 0.3) is 0 Å². The van der Waals surface area contributed by atoms with Gasteiger partial charge in [0.15, 0.2) is 0 Å². The molecule has 2 fully saturated rings. The number of carbonyl (C=O) groups is 1. The highest BCUT2D eigenvalue weighted by Crippen LogP contribution is 2.28. The van der Waals surface area contributed by atoms with Crippen LogP contribution in [0.5, 0.6) is 0 Å². The van der Waals surface area contributed by atoms with Gasteiger partial charge >= 0.3 is 0 Å². The maximum Gasteiger partial charge on any atom is 0.220 e. The van der Waals surface area contributed by atoms with Gasteiger partial charge in [-0.25, -0.2) is 0 Å². The van der Waals surface area contributed by atoms with Gasteiger partial charge in [-0.15, -0.1) is 0 Å². The van der Waals surface area contributed by atoms with E-state index in [1.807, 2.05) is 12.1 Å². The van der Waals surface area contributed by atoms with Gasteiger partial charge in [0.1, 0.15) is 0 Å². The van der Waals surface area contributed by atoms with Crippen LogP contribution < -0.4 is 5.32 Å². The lowest BCUT2D eigenvalue weighted by Crippen LogP contribution is -2.43. The maximum atomic E-state index is 12.0. The van der Waals surface area contributed by atoms with Crippen molar-refractivity contribution in [1.82, 2.24) is 15.2 Å². The molecule has 0 bridgehead atoms. The van der Waals surface area contributed by atoms with Crippen molar-refractivity contribution in [1.29, 1.82) is 0 Å². The van der Waals surface area contributed by atoms with Crippen molar-refractivity contribution in [3.05, 3.63) is 30.1 Å². The highest BCUT2D eigenvalue weighted by Gasteiger charge is 2.26. The average molecular weight is 348 g/mol. The third-order valence-electron chi connectivity index (χ3n) is 5.35. The fraction of sp³-hybridized carbons (Fsp3) is 0.684. The number of pyridine rings is 1. The highest BCUT2D eigenvalue weighted by molar-refractivity contribution is 7.99. The molecule has 2 aliphatic heterocycles. The molecule has 0 unspecified atom stereocenters. The van der Waals surface area contributed by atoms with Crippen molar-refractivity contribution in [3.63, 3.8) is 0 Å². The summed E-state index contributed by atoms with van der Waals surface area (Å²) in [5, 5.41) is 3.01. The quantitative estimate of drug-likeness (QED) is 0.859. The number of hydrogen-bond donors (Lipinski definition) is 1. The Bertz CT molecular complexity index is 497. The Morgan fingerprint density at radius 3 is 2.75 bits per heavy atom. The second-order valence-electron chi connectivity index (χ2n) is 7.00. The summed E-state index contributed by atoms with van der Waals surface area (Å²) in [6.45, 7) is 3.05. The van der Waals surface area contributed by atoms with E-state index in [-0.39, 0.29) is 5.91 Å². The molecule has 0 atom stereocenters. The molecule has 3 rings (SSSR count). The zero-order valence-corrected chi connectivity index (χ0v) is 15.3. The fourth-order valence-electron chi connectivity index (χ4n) is 3.78. The van der Waals surface area contributed by atoms with Crippen LogP contribution in [-0.2, 0) is 11.3 Å². The first kappa shape index (κ1) is 17.7. The predicted molar refractivity (Wildman–Crippen MR) is 100.0 cm³/mol. The molecule has 0 aromatic carbocycles. The van der Waals surface area contributed by atoms with E-state index >= 15 is 0 Å². The van der Waals surface area contributed by atoms with E-state index in [1.54, 1.807) is 12.4 Å². The smallest absolute Gasteiger partial charge is 0.220 e. The van der Waals surface area contributed by atoms with E-state index in [1.165, 1.54) is 50.3 Å². The van der Waals surface area contributed by atoms with Gasteiger partial charge in [-0.1, -0.05) is 6.07 Å². The first-order valence-electron chi connectivity index (χ1n) is 9.28. The van der Waals surface area contributed by atoms with Crippen molar-refractivity contribution < 1.29 is 4.79 Å². The van der Waals surface area contributed by atoms with E-state index in [0.29, 0.717) is 13.0 Å². The largest absolute Gasteiger partial charge is 0.352 e. The average Bonchev–Trinajstić information content (AvgIpc) is 2.67. The topological polar surface area (TPSA) is 45.2 Å². The highest BCUT2D eigenvalue weighted by atomic mass is 32.2. The second-order valence-corrected chi connectivity index (χ2v) is 8.22. The molecule has 24 heavy (non-hydrogen) atoms. The van der Waals surface area contributed by atoms with Crippen molar-refractivity contribution in [3.8, 4) is 0 Å². The van der Waals surface area contributed by atoms with Gasteiger partial charge in [-0.05, 0) is 74.2 Å². The van der Waals surface area contributed by atoms with Gasteiger partial charge in [-0.3, -0.25) is 9.78 Å². The van der Waals surface area contributed by atoms with Crippen LogP contribution in [-0.4, -0.2) is 46.4 Å². The Morgan fingerprint density at radius 2 is 2.04 bits per heavy atom. The molecule has 1 amide bonds. The van der Waals surface area contributed by atoms with Gasteiger partial charge in [0.05, 0.1) is 0 Å². The lowest BCUT2D eigenvalue weighted by molar-refractivity contribution is -0.121. The predicted octanol–water partition coefficient (Wildman–Crippen LogP) is 3.09. The van der Waals surface area contributed by atoms with Crippen molar-refractivity contribution >= 4 is 17.7 Å². The number of rotatable bonds is 6. The molecule has 0 radical (unpaired) electrons. The summed E-state index contributed by atoms with van der Waals surface area (Å²) in [7, 11) is 0. The molecular formula is C19H29N3OS. The first-order valence-corrected chi connectivity index (χ1v) is 10.4. The summed E-state index contributed by atoms with van der Waals surface area (Å²) >= 11 is 2.10. The molecule has 0 aliphatic carbocycles. The summed E-state index contributed by atoms with van der Waals surface area (Å²) in [4.78, 5) is 18.8. The second kappa shape index (κ2) is 9.42. The molecule has 0 spiro atoms. The number of hydrogen-bond acceptors (Lipinski definition) is 4. The van der Waals surface area contributed by atoms with E-state index < -0.39 is 0 Å². The van der Waals surface area contributed by atoms with E-state index in [0.717, 1.165) is 23.9 Å². The first-order chi connectivity index (χ1) is 11.8. The number of aromatic nitrogens is 1. The van der Waals surface area contributed by atoms with Crippen LogP contribution in [0.4, 0.5) is 0 Å². The Labute approximate surface area is 149 Å². The third-order valence-corrected chi connectivity index (χ3v) is 6.40. The van der Waals surface area contributed by atoms with E-state index in [9.17, 15) is 4.79 Å². The molecule has 2 aliphatic rings. The SMILES string of the molecule is O=C(CCC1CCN(C2CCSCC2)CC1)NCc1cccnc1. The standard InChI is InChI=1S/C19H29N3OS/c23-19(21-15-17-2-1-9-20-14-17)4-3-16-5-10-22(11-6-16)18-7-12-24-13-8-18/h1-2,9,14,16,18H,3-8,10-13,15H2,(H,21,23). The number of nitrogens with one attached hydrogen (secondary N) is 1. The molecule has 1 N–H and O–H groups in total. The summed E-state index contributed by atoms with van der Waals surface area (Å²) in [6, 6.07) is 4.72. The Balaban J connectivity index is 1.30. The lowest BCUT2D eigenvalue weighted by atomic mass is 9.90. The van der Waals surface area contributed by atoms with E-state index in [4.69, 9.17) is 0 Å². The minimum absolute atomic E-state index is 0.172. The fourth-order valence-corrected chi connectivity index (χ4v) is 4.87. The molecule has 5 heteroatoms. The molecule has 0 saturated carbocycles. The van der Waals surface area contributed by atoms with Crippen LogP contribution in [0.3, 0.4) is 0 Å². The number of piperidine rings is 1. The lowest BCUT2D eigenvalue weighted by Gasteiger charge is -2.39. The summed E-state index contributed by atoms with van der Waals surface area (Å²) in [5.74, 6) is 3.57. The van der Waals surface area contributed by atoms with Crippen LogP contribution in [0.15, 0.2) is 24.5 Å². The van der Waals surface area contributed by atoms with E-state index in [2.05, 4.69) is 27.0 Å². The molecule has 1 aromatic heterocycles. The Kier molecular flexibility index (Phi) is 6.97. The van der Waals surface area contributed by atoms with Gasteiger partial charge in [0, 0.05) is 31.4 Å². The number of thioether (sulfide) groups is 1. The molecule has 2 saturated heterocycles. The monoisotopic (exact) mass is 347 g/mol. The van der Waals surface area contributed by atoms with Crippen molar-refractivity contribution in [2.24, 2.45) is 5.92 Å². The normalized spacial score (nSPS) is 20.8. The summed E-state index contributed by atoms with van der Waals surface area (Å²) in [5.41, 5.74) is 1.06. The summed E-state index contributed by atoms with van der Waals surface area (Å²) in [6.07, 6.45) is 10.5. The van der Waals surface area contributed by atoms with Gasteiger partial charge in [0.2, 0.25) is 5.91 Å².